The second kappa shape index (κ2) is 7.86. The zero-order valence-electron chi connectivity index (χ0n) is 15.0. The highest BCUT2D eigenvalue weighted by Crippen LogP contribution is 2.14. The summed E-state index contributed by atoms with van der Waals surface area (Å²) in [5.41, 5.74) is 0.177. The van der Waals surface area contributed by atoms with Gasteiger partial charge in [0.25, 0.3) is 11.5 Å². The molecule has 8 nitrogen and oxygen atoms in total. The number of aryl methyl sites for hydroxylation is 1. The number of furan rings is 1. The predicted octanol–water partition coefficient (Wildman–Crippen LogP) is 1.49. The quantitative estimate of drug-likeness (QED) is 0.660. The normalized spacial score (nSPS) is 11.9. The van der Waals surface area contributed by atoms with Gasteiger partial charge in [0.05, 0.1) is 29.8 Å². The lowest BCUT2D eigenvalue weighted by Crippen LogP contribution is -2.31. The number of nitrogens with zero attached hydrogens (tertiary/aromatic N) is 2. The minimum atomic E-state index is -0.605. The van der Waals surface area contributed by atoms with E-state index in [1.165, 1.54) is 18.0 Å². The molecule has 1 atom stereocenters. The lowest BCUT2D eigenvalue weighted by molar-refractivity contribution is -0.148. The van der Waals surface area contributed by atoms with Crippen LogP contribution in [0, 0.1) is 0 Å². The van der Waals surface area contributed by atoms with E-state index in [0.717, 1.165) is 0 Å². The Morgan fingerprint density at radius 3 is 2.67 bits per heavy atom. The Balaban J connectivity index is 1.61. The first kappa shape index (κ1) is 18.4. The molecule has 0 unspecified atom stereocenters. The number of esters is 1. The van der Waals surface area contributed by atoms with E-state index in [4.69, 9.17) is 9.15 Å². The van der Waals surface area contributed by atoms with Crippen molar-refractivity contribution in [2.24, 2.45) is 7.05 Å². The van der Waals surface area contributed by atoms with Gasteiger partial charge in [-0.25, -0.2) is 4.68 Å². The number of ether oxygens (including phenoxy) is 1. The SMILES string of the molecule is C[C@H](NC(=O)COC(=O)Cc1nn(C)c(=O)c2ccccc12)c1ccco1. The molecule has 0 aliphatic heterocycles. The Labute approximate surface area is 154 Å². The van der Waals surface area contributed by atoms with Crippen LogP contribution in [-0.2, 0) is 27.8 Å². The predicted molar refractivity (Wildman–Crippen MR) is 96.9 cm³/mol. The molecule has 140 valence electrons. The van der Waals surface area contributed by atoms with Crippen LogP contribution in [0.4, 0.5) is 0 Å². The molecule has 2 heterocycles. The van der Waals surface area contributed by atoms with Gasteiger partial charge >= 0.3 is 5.97 Å². The molecule has 27 heavy (non-hydrogen) atoms. The van der Waals surface area contributed by atoms with Gasteiger partial charge in [0.1, 0.15) is 5.76 Å². The molecular weight excluding hydrogens is 350 g/mol. The van der Waals surface area contributed by atoms with Crippen molar-refractivity contribution in [1.82, 2.24) is 15.1 Å². The second-order valence-electron chi connectivity index (χ2n) is 6.06. The fraction of sp³-hybridized carbons (Fsp3) is 0.263. The number of carbonyl (C=O) groups is 2. The summed E-state index contributed by atoms with van der Waals surface area (Å²) in [7, 11) is 1.52. The van der Waals surface area contributed by atoms with Crippen molar-refractivity contribution in [1.29, 1.82) is 0 Å². The minimum absolute atomic E-state index is 0.143. The molecule has 3 rings (SSSR count). The van der Waals surface area contributed by atoms with Crippen molar-refractivity contribution in [3.63, 3.8) is 0 Å². The van der Waals surface area contributed by atoms with E-state index in [1.54, 1.807) is 43.3 Å². The lowest BCUT2D eigenvalue weighted by Gasteiger charge is -2.12. The van der Waals surface area contributed by atoms with Crippen molar-refractivity contribution in [3.8, 4) is 0 Å². The molecule has 1 amide bonds. The first-order valence-electron chi connectivity index (χ1n) is 8.39. The summed E-state index contributed by atoms with van der Waals surface area (Å²) in [5.74, 6) is -0.437. The van der Waals surface area contributed by atoms with Crippen molar-refractivity contribution in [2.75, 3.05) is 6.61 Å². The van der Waals surface area contributed by atoms with Crippen LogP contribution in [0.1, 0.15) is 24.4 Å². The minimum Gasteiger partial charge on any atom is -0.467 e. The van der Waals surface area contributed by atoms with Gasteiger partial charge in [0.2, 0.25) is 0 Å². The molecule has 0 aliphatic rings. The summed E-state index contributed by atoms with van der Waals surface area (Å²) in [6, 6.07) is 10.1. The third-order valence-corrected chi connectivity index (χ3v) is 4.06. The van der Waals surface area contributed by atoms with Gasteiger partial charge in [-0.1, -0.05) is 18.2 Å². The number of rotatable bonds is 6. The fourth-order valence-corrected chi connectivity index (χ4v) is 2.73. The van der Waals surface area contributed by atoms with E-state index >= 15 is 0 Å². The van der Waals surface area contributed by atoms with Crippen LogP contribution >= 0.6 is 0 Å². The van der Waals surface area contributed by atoms with E-state index in [1.807, 2.05) is 0 Å². The number of benzene rings is 1. The van der Waals surface area contributed by atoms with Crippen LogP contribution in [0.5, 0.6) is 0 Å². The van der Waals surface area contributed by atoms with Gasteiger partial charge in [-0.3, -0.25) is 14.4 Å². The Morgan fingerprint density at radius 2 is 1.96 bits per heavy atom. The Hall–Kier alpha value is -3.42. The number of hydrogen-bond acceptors (Lipinski definition) is 6. The largest absolute Gasteiger partial charge is 0.467 e. The highest BCUT2D eigenvalue weighted by atomic mass is 16.5. The summed E-state index contributed by atoms with van der Waals surface area (Å²) in [4.78, 5) is 36.2. The monoisotopic (exact) mass is 369 g/mol. The standard InChI is InChI=1S/C19H19N3O5/c1-12(16-8-5-9-26-16)20-17(23)11-27-18(24)10-15-13-6-3-4-7-14(13)19(25)22(2)21-15/h3-9,12H,10-11H2,1-2H3,(H,20,23)/t12-/m0/s1. The van der Waals surface area contributed by atoms with Crippen LogP contribution in [0.25, 0.3) is 10.8 Å². The molecule has 0 aliphatic carbocycles. The average molecular weight is 369 g/mol. The van der Waals surface area contributed by atoms with Crippen LogP contribution in [0.15, 0.2) is 51.9 Å². The molecule has 0 saturated carbocycles. The zero-order chi connectivity index (χ0) is 19.4. The third-order valence-electron chi connectivity index (χ3n) is 4.06. The van der Waals surface area contributed by atoms with Crippen molar-refractivity contribution < 1.29 is 18.7 Å². The Morgan fingerprint density at radius 1 is 1.22 bits per heavy atom. The van der Waals surface area contributed by atoms with E-state index in [2.05, 4.69) is 10.4 Å². The van der Waals surface area contributed by atoms with Gasteiger partial charge in [0, 0.05) is 12.4 Å². The number of aromatic nitrogens is 2. The maximum absolute atomic E-state index is 12.1. The maximum Gasteiger partial charge on any atom is 0.312 e. The molecule has 0 saturated heterocycles. The van der Waals surface area contributed by atoms with E-state index < -0.39 is 18.5 Å². The third kappa shape index (κ3) is 4.22. The van der Waals surface area contributed by atoms with Gasteiger partial charge in [0.15, 0.2) is 6.61 Å². The molecule has 1 N–H and O–H groups in total. The van der Waals surface area contributed by atoms with Crippen LogP contribution in [0.3, 0.4) is 0 Å². The second-order valence-corrected chi connectivity index (χ2v) is 6.06. The van der Waals surface area contributed by atoms with E-state index in [0.29, 0.717) is 22.2 Å². The highest BCUT2D eigenvalue weighted by Gasteiger charge is 2.16. The lowest BCUT2D eigenvalue weighted by atomic mass is 10.1. The average Bonchev–Trinajstić information content (AvgIpc) is 3.19. The van der Waals surface area contributed by atoms with Crippen molar-refractivity contribution in [3.05, 3.63) is 64.5 Å². The van der Waals surface area contributed by atoms with Crippen molar-refractivity contribution in [2.45, 2.75) is 19.4 Å². The van der Waals surface area contributed by atoms with Gasteiger partial charge < -0.3 is 14.5 Å². The molecular formula is C19H19N3O5. The smallest absolute Gasteiger partial charge is 0.312 e. The first-order valence-corrected chi connectivity index (χ1v) is 8.39. The van der Waals surface area contributed by atoms with E-state index in [9.17, 15) is 14.4 Å². The van der Waals surface area contributed by atoms with Crippen LogP contribution in [0.2, 0.25) is 0 Å². The molecule has 3 aromatic rings. The molecule has 0 bridgehead atoms. The highest BCUT2D eigenvalue weighted by molar-refractivity contribution is 5.87. The Bertz CT molecular complexity index is 1020. The molecule has 0 spiro atoms. The Kier molecular flexibility index (Phi) is 5.35. The summed E-state index contributed by atoms with van der Waals surface area (Å²) < 4.78 is 11.4. The maximum atomic E-state index is 12.1. The van der Waals surface area contributed by atoms with E-state index in [-0.39, 0.29) is 18.0 Å². The fourth-order valence-electron chi connectivity index (χ4n) is 2.73. The molecule has 0 fully saturated rings. The summed E-state index contributed by atoms with van der Waals surface area (Å²) in [6.45, 7) is 1.35. The number of hydrogen-bond donors (Lipinski definition) is 1. The zero-order valence-corrected chi connectivity index (χ0v) is 15.0. The van der Waals surface area contributed by atoms with Crippen LogP contribution < -0.4 is 10.9 Å². The molecule has 8 heteroatoms. The summed E-state index contributed by atoms with van der Waals surface area (Å²) >= 11 is 0. The van der Waals surface area contributed by atoms with Gasteiger partial charge in [-0.2, -0.15) is 5.10 Å². The summed E-state index contributed by atoms with van der Waals surface area (Å²) in [5, 5.41) is 7.88. The van der Waals surface area contributed by atoms with Gasteiger partial charge in [-0.05, 0) is 25.1 Å². The molecule has 1 aromatic carbocycles. The number of fused-ring (bicyclic) bond motifs is 1. The summed E-state index contributed by atoms with van der Waals surface area (Å²) in [6.07, 6.45) is 1.37. The number of carbonyl (C=O) groups excluding carboxylic acids is 2. The topological polar surface area (TPSA) is 103 Å². The molecule has 0 radical (unpaired) electrons. The van der Waals surface area contributed by atoms with Crippen LogP contribution in [-0.4, -0.2) is 28.3 Å². The molecule has 2 aromatic heterocycles. The van der Waals surface area contributed by atoms with Gasteiger partial charge in [-0.15, -0.1) is 0 Å². The van der Waals surface area contributed by atoms with Crippen molar-refractivity contribution >= 4 is 22.6 Å². The number of amides is 1. The number of nitrogens with one attached hydrogen (secondary N) is 1. The first-order chi connectivity index (χ1) is 13.0.